The molecule has 0 N–H and O–H groups in total. The molecular formula is C9H6BrF3N2. The summed E-state index contributed by atoms with van der Waals surface area (Å²) < 4.78 is 39.2. The van der Waals surface area contributed by atoms with E-state index in [-0.39, 0.29) is 0 Å². The summed E-state index contributed by atoms with van der Waals surface area (Å²) in [5.74, 6) is 0. The first-order valence-corrected chi connectivity index (χ1v) is 4.89. The molecule has 0 radical (unpaired) electrons. The summed E-state index contributed by atoms with van der Waals surface area (Å²) in [4.78, 5) is 3.99. The van der Waals surface area contributed by atoms with Gasteiger partial charge in [0.2, 0.25) is 0 Å². The molecule has 6 heteroatoms. The summed E-state index contributed by atoms with van der Waals surface area (Å²) in [5.41, 5.74) is 0.459. The summed E-state index contributed by atoms with van der Waals surface area (Å²) in [6.07, 6.45) is -1.77. The molecular weight excluding hydrogens is 273 g/mol. The van der Waals surface area contributed by atoms with Gasteiger partial charge in [-0.1, -0.05) is 0 Å². The monoisotopic (exact) mass is 278 g/mol. The molecule has 0 aromatic carbocycles. The van der Waals surface area contributed by atoms with Crippen LogP contribution in [0.1, 0.15) is 11.3 Å². The minimum atomic E-state index is -4.34. The molecule has 0 bridgehead atoms. The Morgan fingerprint density at radius 2 is 2.07 bits per heavy atom. The number of fused-ring (bicyclic) bond motifs is 1. The predicted molar refractivity (Wildman–Crippen MR) is 52.6 cm³/mol. The molecule has 0 amide bonds. The van der Waals surface area contributed by atoms with Gasteiger partial charge in [-0.25, -0.2) is 4.98 Å². The zero-order chi connectivity index (χ0) is 11.2. The van der Waals surface area contributed by atoms with E-state index in [0.29, 0.717) is 15.8 Å². The van der Waals surface area contributed by atoms with Crippen LogP contribution in [0.5, 0.6) is 0 Å². The first-order valence-electron chi connectivity index (χ1n) is 4.10. The van der Waals surface area contributed by atoms with E-state index in [0.717, 1.165) is 12.3 Å². The van der Waals surface area contributed by atoms with Crippen LogP contribution in [0.4, 0.5) is 13.2 Å². The molecule has 0 saturated carbocycles. The van der Waals surface area contributed by atoms with Crippen molar-refractivity contribution in [1.29, 1.82) is 0 Å². The number of aryl methyl sites for hydroxylation is 1. The Morgan fingerprint density at radius 1 is 1.40 bits per heavy atom. The molecule has 0 atom stereocenters. The predicted octanol–water partition coefficient (Wildman–Crippen LogP) is 3.42. The average molecular weight is 279 g/mol. The lowest BCUT2D eigenvalue weighted by Gasteiger charge is -2.08. The van der Waals surface area contributed by atoms with Crippen LogP contribution in [-0.4, -0.2) is 9.38 Å². The van der Waals surface area contributed by atoms with Crippen molar-refractivity contribution in [3.8, 4) is 0 Å². The van der Waals surface area contributed by atoms with E-state index in [4.69, 9.17) is 0 Å². The Balaban J connectivity index is 2.76. The highest BCUT2D eigenvalue weighted by molar-refractivity contribution is 9.10. The summed E-state index contributed by atoms with van der Waals surface area (Å²) in [5, 5.41) is 0. The smallest absolute Gasteiger partial charge is 0.303 e. The third-order valence-electron chi connectivity index (χ3n) is 2.07. The lowest BCUT2D eigenvalue weighted by molar-refractivity contribution is -0.137. The van der Waals surface area contributed by atoms with Crippen molar-refractivity contribution < 1.29 is 13.2 Å². The number of aromatic nitrogens is 2. The fourth-order valence-electron chi connectivity index (χ4n) is 1.32. The summed E-state index contributed by atoms with van der Waals surface area (Å²) in [7, 11) is 0. The van der Waals surface area contributed by atoms with E-state index in [9.17, 15) is 13.2 Å². The summed E-state index contributed by atoms with van der Waals surface area (Å²) in [6, 6.07) is 1.03. The second-order valence-electron chi connectivity index (χ2n) is 3.17. The average Bonchev–Trinajstić information content (AvgIpc) is 2.47. The number of rotatable bonds is 0. The number of hydrogen-bond donors (Lipinski definition) is 0. The molecule has 0 aliphatic carbocycles. The highest BCUT2D eigenvalue weighted by Crippen LogP contribution is 2.32. The van der Waals surface area contributed by atoms with Crippen LogP contribution in [0, 0.1) is 6.92 Å². The molecule has 2 rings (SSSR count). The van der Waals surface area contributed by atoms with Gasteiger partial charge in [-0.15, -0.1) is 0 Å². The molecule has 2 aromatic heterocycles. The minimum Gasteiger partial charge on any atom is -0.303 e. The number of hydrogen-bond acceptors (Lipinski definition) is 1. The number of alkyl halides is 3. The molecule has 15 heavy (non-hydrogen) atoms. The van der Waals surface area contributed by atoms with Crippen LogP contribution in [0.3, 0.4) is 0 Å². The van der Waals surface area contributed by atoms with E-state index in [1.54, 1.807) is 6.92 Å². The standard InChI is InChI=1S/C9H6BrF3N2/c1-5-3-14-8-7(10)2-6(4-15(5)8)9(11,12)13/h2-4H,1H3. The molecule has 2 nitrogen and oxygen atoms in total. The molecule has 2 aromatic rings. The van der Waals surface area contributed by atoms with E-state index in [1.165, 1.54) is 10.6 Å². The number of pyridine rings is 1. The van der Waals surface area contributed by atoms with Crippen LogP contribution in [-0.2, 0) is 6.18 Å². The Hall–Kier alpha value is -1.04. The van der Waals surface area contributed by atoms with Gasteiger partial charge < -0.3 is 4.40 Å². The maximum Gasteiger partial charge on any atom is 0.417 e. The van der Waals surface area contributed by atoms with Gasteiger partial charge in [-0.3, -0.25) is 0 Å². The SMILES string of the molecule is Cc1cnc2c(Br)cc(C(F)(F)F)cn12. The molecule has 80 valence electrons. The summed E-state index contributed by atoms with van der Waals surface area (Å²) >= 11 is 3.07. The molecule has 0 unspecified atom stereocenters. The van der Waals surface area contributed by atoms with Gasteiger partial charge in [0.1, 0.15) is 0 Å². The fourth-order valence-corrected chi connectivity index (χ4v) is 1.86. The first kappa shape index (κ1) is 10.5. The zero-order valence-corrected chi connectivity index (χ0v) is 9.22. The number of nitrogens with zero attached hydrogens (tertiary/aromatic N) is 2. The van der Waals surface area contributed by atoms with Crippen molar-refractivity contribution in [1.82, 2.24) is 9.38 Å². The van der Waals surface area contributed by atoms with Crippen LogP contribution in [0.15, 0.2) is 22.9 Å². The van der Waals surface area contributed by atoms with E-state index >= 15 is 0 Å². The third-order valence-corrected chi connectivity index (χ3v) is 2.66. The van der Waals surface area contributed by atoms with Gasteiger partial charge in [0.05, 0.1) is 10.0 Å². The van der Waals surface area contributed by atoms with Crippen molar-refractivity contribution >= 4 is 21.6 Å². The van der Waals surface area contributed by atoms with Gasteiger partial charge in [0, 0.05) is 18.1 Å². The Labute approximate surface area is 91.9 Å². The minimum absolute atomic E-state index is 0.338. The lowest BCUT2D eigenvalue weighted by atomic mass is 10.3. The normalized spacial score (nSPS) is 12.3. The van der Waals surface area contributed by atoms with Crippen molar-refractivity contribution in [3.05, 3.63) is 34.2 Å². The van der Waals surface area contributed by atoms with Gasteiger partial charge in [-0.2, -0.15) is 13.2 Å². The van der Waals surface area contributed by atoms with E-state index in [2.05, 4.69) is 20.9 Å². The van der Waals surface area contributed by atoms with Crippen molar-refractivity contribution in [3.63, 3.8) is 0 Å². The van der Waals surface area contributed by atoms with Gasteiger partial charge in [-0.05, 0) is 28.9 Å². The van der Waals surface area contributed by atoms with Crippen LogP contribution in [0.2, 0.25) is 0 Å². The van der Waals surface area contributed by atoms with Crippen LogP contribution < -0.4 is 0 Å². The fraction of sp³-hybridized carbons (Fsp3) is 0.222. The number of halogens is 4. The van der Waals surface area contributed by atoms with Crippen molar-refractivity contribution in [2.24, 2.45) is 0 Å². The Morgan fingerprint density at radius 3 is 2.67 bits per heavy atom. The van der Waals surface area contributed by atoms with E-state index < -0.39 is 11.7 Å². The van der Waals surface area contributed by atoms with Gasteiger partial charge in [0.25, 0.3) is 0 Å². The first-order chi connectivity index (χ1) is 6.89. The van der Waals surface area contributed by atoms with Crippen LogP contribution >= 0.6 is 15.9 Å². The Bertz CT molecular complexity index is 516. The van der Waals surface area contributed by atoms with Crippen LogP contribution in [0.25, 0.3) is 5.65 Å². The lowest BCUT2D eigenvalue weighted by Crippen LogP contribution is -2.07. The number of imidazole rings is 1. The molecule has 0 fully saturated rings. The maximum atomic E-state index is 12.5. The molecule has 2 heterocycles. The zero-order valence-electron chi connectivity index (χ0n) is 7.64. The van der Waals surface area contributed by atoms with Crippen molar-refractivity contribution in [2.75, 3.05) is 0 Å². The highest BCUT2D eigenvalue weighted by Gasteiger charge is 2.31. The Kier molecular flexibility index (Phi) is 2.26. The van der Waals surface area contributed by atoms with E-state index in [1.807, 2.05) is 0 Å². The molecule has 0 saturated heterocycles. The largest absolute Gasteiger partial charge is 0.417 e. The van der Waals surface area contributed by atoms with Crippen molar-refractivity contribution in [2.45, 2.75) is 13.1 Å². The van der Waals surface area contributed by atoms with Gasteiger partial charge in [0.15, 0.2) is 5.65 Å². The second kappa shape index (κ2) is 3.23. The third kappa shape index (κ3) is 1.73. The second-order valence-corrected chi connectivity index (χ2v) is 4.02. The molecule has 0 spiro atoms. The summed E-state index contributed by atoms with van der Waals surface area (Å²) in [6.45, 7) is 1.70. The maximum absolute atomic E-state index is 12.5. The quantitative estimate of drug-likeness (QED) is 0.722. The molecule has 0 aliphatic heterocycles. The highest BCUT2D eigenvalue weighted by atomic mass is 79.9. The topological polar surface area (TPSA) is 17.3 Å². The molecule has 0 aliphatic rings. The van der Waals surface area contributed by atoms with Gasteiger partial charge >= 0.3 is 6.18 Å².